The van der Waals surface area contributed by atoms with Gasteiger partial charge >= 0.3 is 0 Å². The molecule has 0 unspecified atom stereocenters. The van der Waals surface area contributed by atoms with Crippen LogP contribution in [0.1, 0.15) is 40.5 Å². The molecule has 0 radical (unpaired) electrons. The number of imidazole rings is 1. The highest BCUT2D eigenvalue weighted by Crippen LogP contribution is 2.19. The number of hydrogen-bond acceptors (Lipinski definition) is 3. The summed E-state index contributed by atoms with van der Waals surface area (Å²) in [6.07, 6.45) is 7.48. The zero-order chi connectivity index (χ0) is 16.1. The van der Waals surface area contributed by atoms with Gasteiger partial charge in [0.15, 0.2) is 0 Å². The van der Waals surface area contributed by atoms with Crippen molar-refractivity contribution in [1.82, 2.24) is 19.8 Å². The van der Waals surface area contributed by atoms with E-state index in [0.717, 1.165) is 32.5 Å². The standard InChI is InChI=1S/C17H30N4O/c1-13(2)16(11-20-10-7-18-12-20)19-17(22)15-5-8-21(9-6-15)14(3)4/h7,10,12-16H,5-6,8-9,11H2,1-4H3,(H,19,22)/t16-/m0/s1. The van der Waals surface area contributed by atoms with Crippen molar-refractivity contribution in [3.8, 4) is 0 Å². The molecule has 1 fully saturated rings. The van der Waals surface area contributed by atoms with E-state index in [-0.39, 0.29) is 17.9 Å². The van der Waals surface area contributed by atoms with Gasteiger partial charge in [0.05, 0.1) is 6.33 Å². The van der Waals surface area contributed by atoms with E-state index in [0.29, 0.717) is 12.0 Å². The molecule has 1 atom stereocenters. The second-order valence-electron chi connectivity index (χ2n) is 7.02. The van der Waals surface area contributed by atoms with Crippen LogP contribution in [-0.2, 0) is 11.3 Å². The van der Waals surface area contributed by atoms with Gasteiger partial charge in [-0.3, -0.25) is 4.79 Å². The molecule has 1 amide bonds. The highest BCUT2D eigenvalue weighted by atomic mass is 16.2. The lowest BCUT2D eigenvalue weighted by molar-refractivity contribution is -0.127. The van der Waals surface area contributed by atoms with E-state index in [1.807, 2.05) is 17.1 Å². The first-order valence-electron chi connectivity index (χ1n) is 8.47. The first-order chi connectivity index (χ1) is 10.5. The summed E-state index contributed by atoms with van der Waals surface area (Å²) in [5, 5.41) is 3.26. The van der Waals surface area contributed by atoms with Gasteiger partial charge in [0.25, 0.3) is 0 Å². The SMILES string of the molecule is CC(C)[C@H](Cn1ccnc1)NC(=O)C1CCN(C(C)C)CC1. The molecule has 2 heterocycles. The van der Waals surface area contributed by atoms with Crippen molar-refractivity contribution >= 4 is 5.91 Å². The molecule has 2 rings (SSSR count). The van der Waals surface area contributed by atoms with Crippen LogP contribution in [0, 0.1) is 11.8 Å². The largest absolute Gasteiger partial charge is 0.351 e. The predicted molar refractivity (Wildman–Crippen MR) is 88.4 cm³/mol. The Morgan fingerprint density at radius 3 is 2.45 bits per heavy atom. The molecule has 1 aromatic heterocycles. The lowest BCUT2D eigenvalue weighted by Crippen LogP contribution is -2.47. The highest BCUT2D eigenvalue weighted by Gasteiger charge is 2.28. The number of amides is 1. The number of piperidine rings is 1. The van der Waals surface area contributed by atoms with Crippen molar-refractivity contribution < 1.29 is 4.79 Å². The number of carbonyl (C=O) groups is 1. The molecule has 1 aromatic rings. The summed E-state index contributed by atoms with van der Waals surface area (Å²) in [7, 11) is 0. The maximum atomic E-state index is 12.6. The molecule has 22 heavy (non-hydrogen) atoms. The Balaban J connectivity index is 1.86. The molecule has 124 valence electrons. The summed E-state index contributed by atoms with van der Waals surface area (Å²) in [6.45, 7) is 11.6. The van der Waals surface area contributed by atoms with E-state index in [2.05, 4.69) is 42.9 Å². The van der Waals surface area contributed by atoms with Crippen molar-refractivity contribution in [2.24, 2.45) is 11.8 Å². The number of hydrogen-bond donors (Lipinski definition) is 1. The molecule has 0 aliphatic carbocycles. The smallest absolute Gasteiger partial charge is 0.223 e. The average Bonchev–Trinajstić information content (AvgIpc) is 2.99. The zero-order valence-corrected chi connectivity index (χ0v) is 14.3. The fourth-order valence-electron chi connectivity index (χ4n) is 3.02. The van der Waals surface area contributed by atoms with Crippen molar-refractivity contribution in [3.63, 3.8) is 0 Å². The number of likely N-dealkylation sites (tertiary alicyclic amines) is 1. The summed E-state index contributed by atoms with van der Waals surface area (Å²) in [5.41, 5.74) is 0. The number of nitrogens with one attached hydrogen (secondary N) is 1. The Morgan fingerprint density at radius 1 is 1.27 bits per heavy atom. The van der Waals surface area contributed by atoms with Gasteiger partial charge in [-0.15, -0.1) is 0 Å². The normalized spacial score (nSPS) is 18.8. The molecule has 5 nitrogen and oxygen atoms in total. The van der Waals surface area contributed by atoms with E-state index < -0.39 is 0 Å². The summed E-state index contributed by atoms with van der Waals surface area (Å²) in [4.78, 5) is 19.1. The Morgan fingerprint density at radius 2 is 1.95 bits per heavy atom. The Bertz CT molecular complexity index is 447. The highest BCUT2D eigenvalue weighted by molar-refractivity contribution is 5.79. The van der Waals surface area contributed by atoms with Gasteiger partial charge in [0, 0.05) is 36.9 Å². The molecule has 0 saturated carbocycles. The van der Waals surface area contributed by atoms with Crippen LogP contribution in [0.2, 0.25) is 0 Å². The summed E-state index contributed by atoms with van der Waals surface area (Å²) >= 11 is 0. The number of carbonyl (C=O) groups excluding carboxylic acids is 1. The lowest BCUT2D eigenvalue weighted by Gasteiger charge is -2.35. The third-order valence-corrected chi connectivity index (χ3v) is 4.73. The van der Waals surface area contributed by atoms with Gasteiger partial charge in [-0.1, -0.05) is 13.8 Å². The van der Waals surface area contributed by atoms with E-state index in [9.17, 15) is 4.79 Å². The second kappa shape index (κ2) is 7.77. The molecule has 0 aromatic carbocycles. The van der Waals surface area contributed by atoms with Crippen LogP contribution in [0.15, 0.2) is 18.7 Å². The lowest BCUT2D eigenvalue weighted by atomic mass is 9.94. The minimum absolute atomic E-state index is 0.157. The van der Waals surface area contributed by atoms with Crippen LogP contribution < -0.4 is 5.32 Å². The second-order valence-corrected chi connectivity index (χ2v) is 7.02. The third kappa shape index (κ3) is 4.57. The van der Waals surface area contributed by atoms with Crippen LogP contribution in [0.4, 0.5) is 0 Å². The fraction of sp³-hybridized carbons (Fsp3) is 0.765. The molecule has 1 saturated heterocycles. The molecular formula is C17H30N4O. The van der Waals surface area contributed by atoms with Crippen LogP contribution in [-0.4, -0.2) is 45.5 Å². The minimum atomic E-state index is 0.157. The Hall–Kier alpha value is -1.36. The Labute approximate surface area is 134 Å². The van der Waals surface area contributed by atoms with Crippen molar-refractivity contribution in [2.45, 2.75) is 59.2 Å². The fourth-order valence-corrected chi connectivity index (χ4v) is 3.02. The van der Waals surface area contributed by atoms with Crippen LogP contribution in [0.3, 0.4) is 0 Å². The molecule has 0 bridgehead atoms. The van der Waals surface area contributed by atoms with E-state index in [1.54, 1.807) is 6.20 Å². The first kappa shape index (κ1) is 17.0. The third-order valence-electron chi connectivity index (χ3n) is 4.73. The maximum Gasteiger partial charge on any atom is 0.223 e. The molecular weight excluding hydrogens is 276 g/mol. The van der Waals surface area contributed by atoms with E-state index in [4.69, 9.17) is 0 Å². The van der Waals surface area contributed by atoms with Gasteiger partial charge in [-0.2, -0.15) is 0 Å². The first-order valence-corrected chi connectivity index (χ1v) is 8.47. The topological polar surface area (TPSA) is 50.2 Å². The van der Waals surface area contributed by atoms with Gasteiger partial charge < -0.3 is 14.8 Å². The van der Waals surface area contributed by atoms with Crippen molar-refractivity contribution in [3.05, 3.63) is 18.7 Å². The van der Waals surface area contributed by atoms with Crippen molar-refractivity contribution in [2.75, 3.05) is 13.1 Å². The van der Waals surface area contributed by atoms with Crippen LogP contribution >= 0.6 is 0 Å². The monoisotopic (exact) mass is 306 g/mol. The molecule has 1 aliphatic heterocycles. The van der Waals surface area contributed by atoms with Gasteiger partial charge in [-0.05, 0) is 45.7 Å². The summed E-state index contributed by atoms with van der Waals surface area (Å²) in [6, 6.07) is 0.735. The molecule has 1 N–H and O–H groups in total. The number of nitrogens with zero attached hydrogens (tertiary/aromatic N) is 3. The summed E-state index contributed by atoms with van der Waals surface area (Å²) < 4.78 is 2.03. The van der Waals surface area contributed by atoms with Crippen LogP contribution in [0.25, 0.3) is 0 Å². The average molecular weight is 306 g/mol. The van der Waals surface area contributed by atoms with Gasteiger partial charge in [-0.25, -0.2) is 4.98 Å². The summed E-state index contributed by atoms with van der Waals surface area (Å²) in [5.74, 6) is 0.795. The Kier molecular flexibility index (Phi) is 6.00. The minimum Gasteiger partial charge on any atom is -0.351 e. The maximum absolute atomic E-state index is 12.6. The quantitative estimate of drug-likeness (QED) is 0.876. The van der Waals surface area contributed by atoms with E-state index >= 15 is 0 Å². The zero-order valence-electron chi connectivity index (χ0n) is 14.3. The number of rotatable bonds is 6. The van der Waals surface area contributed by atoms with Gasteiger partial charge in [0.1, 0.15) is 0 Å². The number of aromatic nitrogens is 2. The molecule has 5 heteroatoms. The van der Waals surface area contributed by atoms with Crippen molar-refractivity contribution in [1.29, 1.82) is 0 Å². The van der Waals surface area contributed by atoms with E-state index in [1.165, 1.54) is 0 Å². The van der Waals surface area contributed by atoms with Gasteiger partial charge in [0.2, 0.25) is 5.91 Å². The molecule has 0 spiro atoms. The predicted octanol–water partition coefficient (Wildman–Crippen LogP) is 2.14. The van der Waals surface area contributed by atoms with Crippen LogP contribution in [0.5, 0.6) is 0 Å². The molecule has 1 aliphatic rings.